The number of benzene rings is 2. The molecule has 2 amide bonds. The lowest BCUT2D eigenvalue weighted by atomic mass is 10.1. The first kappa shape index (κ1) is 26.2. The molecule has 0 saturated heterocycles. The Morgan fingerprint density at radius 2 is 1.79 bits per heavy atom. The molecule has 0 aliphatic rings. The molecule has 0 aliphatic carbocycles. The molecule has 0 fully saturated rings. The third-order valence-electron chi connectivity index (χ3n) is 5.49. The van der Waals surface area contributed by atoms with Crippen molar-refractivity contribution < 1.29 is 19.1 Å². The van der Waals surface area contributed by atoms with E-state index in [4.69, 9.17) is 9.47 Å². The first-order valence-corrected chi connectivity index (χ1v) is 11.4. The van der Waals surface area contributed by atoms with Crippen molar-refractivity contribution in [2.45, 2.75) is 73.0 Å². The van der Waals surface area contributed by atoms with Gasteiger partial charge in [-0.3, -0.25) is 9.59 Å². The van der Waals surface area contributed by atoms with E-state index < -0.39 is 11.6 Å². The molecule has 1 N–H and O–H groups in total. The molecule has 2 aromatic carbocycles. The molecule has 0 radical (unpaired) electrons. The minimum absolute atomic E-state index is 0.146. The third kappa shape index (κ3) is 7.52. The molecule has 6 nitrogen and oxygen atoms in total. The van der Waals surface area contributed by atoms with Crippen LogP contribution in [0.4, 0.5) is 0 Å². The van der Waals surface area contributed by atoms with Gasteiger partial charge >= 0.3 is 0 Å². The fraction of sp³-hybridized carbons (Fsp3) is 0.481. The number of carbonyl (C=O) groups is 2. The highest BCUT2D eigenvalue weighted by atomic mass is 16.5. The van der Waals surface area contributed by atoms with Crippen LogP contribution in [-0.4, -0.2) is 42.0 Å². The summed E-state index contributed by atoms with van der Waals surface area (Å²) in [6, 6.07) is 10.9. The molecule has 2 aromatic rings. The van der Waals surface area contributed by atoms with Crippen LogP contribution in [-0.2, 0) is 16.1 Å². The van der Waals surface area contributed by atoms with Crippen molar-refractivity contribution >= 4 is 11.8 Å². The van der Waals surface area contributed by atoms with E-state index in [-0.39, 0.29) is 25.0 Å². The van der Waals surface area contributed by atoms with Crippen LogP contribution in [0.3, 0.4) is 0 Å². The van der Waals surface area contributed by atoms with Crippen LogP contribution in [0, 0.1) is 20.8 Å². The molecule has 0 saturated carbocycles. The van der Waals surface area contributed by atoms with Gasteiger partial charge in [0.25, 0.3) is 5.91 Å². The third-order valence-corrected chi connectivity index (χ3v) is 5.49. The molecular formula is C27H38N2O4. The van der Waals surface area contributed by atoms with Crippen molar-refractivity contribution in [1.29, 1.82) is 0 Å². The Morgan fingerprint density at radius 1 is 1.09 bits per heavy atom. The number of hydrogen-bond donors (Lipinski definition) is 1. The van der Waals surface area contributed by atoms with Crippen LogP contribution >= 0.6 is 0 Å². The molecule has 0 aromatic heterocycles. The van der Waals surface area contributed by atoms with Gasteiger partial charge in [-0.2, -0.15) is 0 Å². The number of carbonyl (C=O) groups excluding carboxylic acids is 2. The predicted octanol–water partition coefficient (Wildman–Crippen LogP) is 4.72. The first-order chi connectivity index (χ1) is 15.4. The second-order valence-electron chi connectivity index (χ2n) is 9.53. The van der Waals surface area contributed by atoms with Crippen LogP contribution in [0.1, 0.15) is 56.4 Å². The maximum Gasteiger partial charge on any atom is 0.261 e. The highest BCUT2D eigenvalue weighted by molar-refractivity contribution is 5.88. The van der Waals surface area contributed by atoms with Crippen LogP contribution in [0.25, 0.3) is 0 Å². The number of nitrogens with zero attached hydrogens (tertiary/aromatic N) is 1. The van der Waals surface area contributed by atoms with E-state index in [1.807, 2.05) is 78.8 Å². The van der Waals surface area contributed by atoms with Gasteiger partial charge < -0.3 is 19.7 Å². The Bertz CT molecular complexity index is 979. The number of nitrogens with one attached hydrogen (secondary N) is 1. The molecule has 0 bridgehead atoms. The molecule has 180 valence electrons. The summed E-state index contributed by atoms with van der Waals surface area (Å²) in [6.07, 6.45) is 0.486. The molecular weight excluding hydrogens is 416 g/mol. The first-order valence-electron chi connectivity index (χ1n) is 11.4. The van der Waals surface area contributed by atoms with Crippen molar-refractivity contribution in [2.75, 3.05) is 13.7 Å². The van der Waals surface area contributed by atoms with Crippen molar-refractivity contribution in [3.8, 4) is 11.5 Å². The van der Waals surface area contributed by atoms with Crippen LogP contribution in [0.2, 0.25) is 0 Å². The number of rotatable bonds is 9. The smallest absolute Gasteiger partial charge is 0.261 e. The summed E-state index contributed by atoms with van der Waals surface area (Å²) in [4.78, 5) is 28.1. The number of methoxy groups -OCH3 is 1. The Kier molecular flexibility index (Phi) is 8.91. The molecule has 6 heteroatoms. The summed E-state index contributed by atoms with van der Waals surface area (Å²) in [5.74, 6) is 0.972. The minimum Gasteiger partial charge on any atom is -0.497 e. The van der Waals surface area contributed by atoms with E-state index in [1.54, 1.807) is 12.0 Å². The number of amides is 2. The molecule has 0 spiro atoms. The van der Waals surface area contributed by atoms with Crippen molar-refractivity contribution in [1.82, 2.24) is 10.2 Å². The average Bonchev–Trinajstić information content (AvgIpc) is 2.73. The number of hydrogen-bond acceptors (Lipinski definition) is 4. The van der Waals surface area contributed by atoms with Gasteiger partial charge in [-0.15, -0.1) is 0 Å². The van der Waals surface area contributed by atoms with Crippen molar-refractivity contribution in [3.05, 3.63) is 58.7 Å². The predicted molar refractivity (Wildman–Crippen MR) is 132 cm³/mol. The molecule has 1 atom stereocenters. The highest BCUT2D eigenvalue weighted by Crippen LogP contribution is 2.24. The zero-order chi connectivity index (χ0) is 24.8. The minimum atomic E-state index is -0.619. The van der Waals surface area contributed by atoms with E-state index in [0.29, 0.717) is 17.9 Å². The fourth-order valence-electron chi connectivity index (χ4n) is 3.71. The average molecular weight is 455 g/mol. The normalized spacial score (nSPS) is 12.1. The lowest BCUT2D eigenvalue weighted by molar-refractivity contribution is -0.143. The molecule has 33 heavy (non-hydrogen) atoms. The van der Waals surface area contributed by atoms with Gasteiger partial charge in [0.2, 0.25) is 5.91 Å². The Hall–Kier alpha value is -3.02. The summed E-state index contributed by atoms with van der Waals surface area (Å²) in [5.41, 5.74) is 3.67. The van der Waals surface area contributed by atoms with E-state index in [1.165, 1.54) is 0 Å². The number of ether oxygens (including phenoxy) is 2. The SMILES string of the molecule is CC[C@@H](C(=O)NC(C)(C)C)N(Cc1cccc(OC)c1)C(=O)COc1cc(C)cc(C)c1C. The van der Waals surface area contributed by atoms with Gasteiger partial charge in [0.15, 0.2) is 6.61 Å². The fourth-order valence-corrected chi connectivity index (χ4v) is 3.71. The monoisotopic (exact) mass is 454 g/mol. The van der Waals surface area contributed by atoms with Crippen molar-refractivity contribution in [3.63, 3.8) is 0 Å². The summed E-state index contributed by atoms with van der Waals surface area (Å²) < 4.78 is 11.3. The van der Waals surface area contributed by atoms with E-state index in [0.717, 1.165) is 22.3 Å². The standard InChI is InChI=1S/C27H38N2O4/c1-9-23(26(31)28-27(5,6)7)29(16-21-11-10-12-22(15-21)32-8)25(30)17-33-24-14-18(2)13-19(3)20(24)4/h10-15,23H,9,16-17H2,1-8H3,(H,28,31)/t23-/m0/s1. The Morgan fingerprint density at radius 3 is 2.39 bits per heavy atom. The van der Waals surface area contributed by atoms with E-state index in [2.05, 4.69) is 11.4 Å². The zero-order valence-electron chi connectivity index (χ0n) is 21.2. The lowest BCUT2D eigenvalue weighted by Crippen LogP contribution is -2.54. The highest BCUT2D eigenvalue weighted by Gasteiger charge is 2.31. The number of aryl methyl sites for hydroxylation is 2. The van der Waals surface area contributed by atoms with Gasteiger partial charge in [-0.25, -0.2) is 0 Å². The van der Waals surface area contributed by atoms with Crippen LogP contribution in [0.5, 0.6) is 11.5 Å². The second-order valence-corrected chi connectivity index (χ2v) is 9.53. The summed E-state index contributed by atoms with van der Waals surface area (Å²) in [6.45, 7) is 13.8. The Balaban J connectivity index is 2.31. The van der Waals surface area contributed by atoms with Crippen LogP contribution < -0.4 is 14.8 Å². The van der Waals surface area contributed by atoms with Gasteiger partial charge in [-0.05, 0) is 88.4 Å². The summed E-state index contributed by atoms with van der Waals surface area (Å²) in [5, 5.41) is 3.01. The van der Waals surface area contributed by atoms with E-state index >= 15 is 0 Å². The van der Waals surface area contributed by atoms with Gasteiger partial charge in [0, 0.05) is 12.1 Å². The summed E-state index contributed by atoms with van der Waals surface area (Å²) in [7, 11) is 1.60. The Labute approximate surface area is 198 Å². The van der Waals surface area contributed by atoms with Gasteiger partial charge in [0.1, 0.15) is 17.5 Å². The van der Waals surface area contributed by atoms with Gasteiger partial charge in [-0.1, -0.05) is 25.1 Å². The van der Waals surface area contributed by atoms with Crippen molar-refractivity contribution in [2.24, 2.45) is 0 Å². The maximum atomic E-state index is 13.4. The topological polar surface area (TPSA) is 67.9 Å². The quantitative estimate of drug-likeness (QED) is 0.595. The molecule has 0 heterocycles. The molecule has 0 aliphatic heterocycles. The molecule has 0 unspecified atom stereocenters. The van der Waals surface area contributed by atoms with Gasteiger partial charge in [0.05, 0.1) is 7.11 Å². The van der Waals surface area contributed by atoms with Crippen LogP contribution in [0.15, 0.2) is 36.4 Å². The molecule has 2 rings (SSSR count). The van der Waals surface area contributed by atoms with E-state index in [9.17, 15) is 9.59 Å². The maximum absolute atomic E-state index is 13.4. The lowest BCUT2D eigenvalue weighted by Gasteiger charge is -2.33. The second kappa shape index (κ2) is 11.2. The zero-order valence-corrected chi connectivity index (χ0v) is 21.2. The summed E-state index contributed by atoms with van der Waals surface area (Å²) >= 11 is 0. The largest absolute Gasteiger partial charge is 0.497 e.